The summed E-state index contributed by atoms with van der Waals surface area (Å²) in [5, 5.41) is 7.61. The maximum Gasteiger partial charge on any atom is 0.228 e. The summed E-state index contributed by atoms with van der Waals surface area (Å²) in [6.45, 7) is 0.552. The van der Waals surface area contributed by atoms with Crippen molar-refractivity contribution in [2.75, 3.05) is 11.9 Å². The van der Waals surface area contributed by atoms with Crippen LogP contribution in [0.25, 0.3) is 0 Å². The van der Waals surface area contributed by atoms with Gasteiger partial charge in [-0.25, -0.2) is 4.98 Å². The highest BCUT2D eigenvalue weighted by atomic mass is 16.2. The lowest BCUT2D eigenvalue weighted by atomic mass is 9.96. The third-order valence-corrected chi connectivity index (χ3v) is 3.58. The van der Waals surface area contributed by atoms with Gasteiger partial charge in [0.2, 0.25) is 5.91 Å². The van der Waals surface area contributed by atoms with Gasteiger partial charge in [0.25, 0.3) is 0 Å². The van der Waals surface area contributed by atoms with Crippen LogP contribution in [0.5, 0.6) is 0 Å². The Hall–Kier alpha value is -2.21. The summed E-state index contributed by atoms with van der Waals surface area (Å²) in [6, 6.07) is 7.99. The van der Waals surface area contributed by atoms with Gasteiger partial charge in [-0.1, -0.05) is 18.2 Å². The molecular formula is C14H17N5O. The van der Waals surface area contributed by atoms with E-state index in [2.05, 4.69) is 21.5 Å². The number of anilines is 1. The summed E-state index contributed by atoms with van der Waals surface area (Å²) < 4.78 is 1.67. The van der Waals surface area contributed by atoms with Crippen LogP contribution in [-0.2, 0) is 18.4 Å². The van der Waals surface area contributed by atoms with E-state index in [-0.39, 0.29) is 11.9 Å². The molecule has 0 aliphatic carbocycles. The first kappa shape index (κ1) is 12.8. The van der Waals surface area contributed by atoms with E-state index in [1.807, 2.05) is 32.3 Å². The van der Waals surface area contributed by atoms with Gasteiger partial charge in [-0.05, 0) is 11.6 Å². The summed E-state index contributed by atoms with van der Waals surface area (Å²) >= 11 is 0. The first-order valence-corrected chi connectivity index (χ1v) is 6.58. The molecule has 1 unspecified atom stereocenters. The van der Waals surface area contributed by atoms with Crippen molar-refractivity contribution in [3.63, 3.8) is 0 Å². The fourth-order valence-electron chi connectivity index (χ4n) is 2.51. The zero-order chi connectivity index (χ0) is 14.1. The number of carbonyl (C=O) groups is 1. The highest BCUT2D eigenvalue weighted by Crippen LogP contribution is 2.33. The van der Waals surface area contributed by atoms with Crippen molar-refractivity contribution >= 4 is 11.6 Å². The van der Waals surface area contributed by atoms with E-state index in [1.54, 1.807) is 15.9 Å². The third-order valence-electron chi connectivity index (χ3n) is 3.58. The molecule has 20 heavy (non-hydrogen) atoms. The Bertz CT molecular complexity index is 636. The van der Waals surface area contributed by atoms with Crippen LogP contribution in [0.4, 0.5) is 5.69 Å². The van der Waals surface area contributed by atoms with Gasteiger partial charge in [-0.3, -0.25) is 9.48 Å². The molecule has 2 aromatic rings. The molecule has 1 atom stereocenters. The van der Waals surface area contributed by atoms with Crippen molar-refractivity contribution in [3.05, 3.63) is 42.0 Å². The molecule has 0 saturated carbocycles. The molecule has 104 valence electrons. The number of benzene rings is 1. The summed E-state index contributed by atoms with van der Waals surface area (Å²) in [7, 11) is 3.66. The quantitative estimate of drug-likeness (QED) is 0.905. The van der Waals surface area contributed by atoms with Crippen LogP contribution < -0.4 is 10.2 Å². The standard InChI is InChI=1S/C14H17N5O/c1-18-9-16-13(17-18)8-15-11-7-14(20)19(2)12-6-4-3-5-10(11)12/h3-6,9,11,15H,7-8H2,1-2H3. The van der Waals surface area contributed by atoms with Crippen molar-refractivity contribution < 1.29 is 4.79 Å². The molecule has 3 rings (SSSR count). The SMILES string of the molecule is CN1C(=O)CC(NCc2ncn(C)n2)c2ccccc21. The minimum Gasteiger partial charge on any atom is -0.315 e. The maximum atomic E-state index is 12.0. The number of aromatic nitrogens is 3. The number of hydrogen-bond acceptors (Lipinski definition) is 4. The largest absolute Gasteiger partial charge is 0.315 e. The van der Waals surface area contributed by atoms with Crippen molar-refractivity contribution in [2.24, 2.45) is 7.05 Å². The zero-order valence-electron chi connectivity index (χ0n) is 11.6. The van der Waals surface area contributed by atoms with E-state index in [0.29, 0.717) is 13.0 Å². The zero-order valence-corrected chi connectivity index (χ0v) is 11.6. The summed E-state index contributed by atoms with van der Waals surface area (Å²) in [6.07, 6.45) is 2.13. The number of fused-ring (bicyclic) bond motifs is 1. The summed E-state index contributed by atoms with van der Waals surface area (Å²) in [5.74, 6) is 0.853. The Morgan fingerprint density at radius 3 is 2.90 bits per heavy atom. The van der Waals surface area contributed by atoms with Crippen LogP contribution in [0.3, 0.4) is 0 Å². The first-order valence-electron chi connectivity index (χ1n) is 6.58. The van der Waals surface area contributed by atoms with Gasteiger partial charge in [-0.2, -0.15) is 5.10 Å². The van der Waals surface area contributed by atoms with E-state index in [9.17, 15) is 4.79 Å². The molecule has 0 saturated heterocycles. The Kier molecular flexibility index (Phi) is 3.23. The fourth-order valence-corrected chi connectivity index (χ4v) is 2.51. The van der Waals surface area contributed by atoms with Crippen LogP contribution in [-0.4, -0.2) is 27.7 Å². The van der Waals surface area contributed by atoms with Gasteiger partial charge in [0.15, 0.2) is 5.82 Å². The molecule has 1 aliphatic heterocycles. The Morgan fingerprint density at radius 2 is 2.15 bits per heavy atom. The van der Waals surface area contributed by atoms with Crippen molar-refractivity contribution in [3.8, 4) is 0 Å². The number of nitrogens with one attached hydrogen (secondary N) is 1. The average molecular weight is 271 g/mol. The molecule has 0 spiro atoms. The lowest BCUT2D eigenvalue weighted by Gasteiger charge is -2.31. The molecule has 1 aliphatic rings. The van der Waals surface area contributed by atoms with Gasteiger partial charge in [-0.15, -0.1) is 0 Å². The van der Waals surface area contributed by atoms with Gasteiger partial charge < -0.3 is 10.2 Å². The number of rotatable bonds is 3. The lowest BCUT2D eigenvalue weighted by Crippen LogP contribution is -2.37. The van der Waals surface area contributed by atoms with Crippen molar-refractivity contribution in [2.45, 2.75) is 19.0 Å². The lowest BCUT2D eigenvalue weighted by molar-refractivity contribution is -0.119. The molecule has 1 amide bonds. The Morgan fingerprint density at radius 1 is 1.35 bits per heavy atom. The van der Waals surface area contributed by atoms with E-state index < -0.39 is 0 Å². The van der Waals surface area contributed by atoms with E-state index >= 15 is 0 Å². The van der Waals surface area contributed by atoms with Crippen LogP contribution in [0.1, 0.15) is 23.9 Å². The van der Waals surface area contributed by atoms with Gasteiger partial charge in [0, 0.05) is 32.2 Å². The smallest absolute Gasteiger partial charge is 0.228 e. The van der Waals surface area contributed by atoms with Crippen LogP contribution in [0.15, 0.2) is 30.6 Å². The monoisotopic (exact) mass is 271 g/mol. The number of aryl methyl sites for hydroxylation is 1. The Balaban J connectivity index is 1.80. The molecule has 1 N–H and O–H groups in total. The molecule has 1 aromatic carbocycles. The van der Waals surface area contributed by atoms with Crippen molar-refractivity contribution in [1.29, 1.82) is 0 Å². The topological polar surface area (TPSA) is 63.1 Å². The van der Waals surface area contributed by atoms with Gasteiger partial charge in [0.05, 0.1) is 6.54 Å². The molecule has 6 nitrogen and oxygen atoms in total. The molecule has 0 fully saturated rings. The number of nitrogens with zero attached hydrogens (tertiary/aromatic N) is 4. The average Bonchev–Trinajstić information content (AvgIpc) is 2.87. The van der Waals surface area contributed by atoms with Gasteiger partial charge >= 0.3 is 0 Å². The minimum atomic E-state index is 0.0127. The van der Waals surface area contributed by atoms with Crippen LogP contribution in [0.2, 0.25) is 0 Å². The Labute approximate surface area is 117 Å². The number of amides is 1. The molecule has 2 heterocycles. The third kappa shape index (κ3) is 2.30. The van der Waals surface area contributed by atoms with E-state index in [4.69, 9.17) is 0 Å². The number of carbonyl (C=O) groups excluding carboxylic acids is 1. The predicted octanol–water partition coefficient (Wildman–Crippen LogP) is 1.01. The highest BCUT2D eigenvalue weighted by Gasteiger charge is 2.28. The fraction of sp³-hybridized carbons (Fsp3) is 0.357. The normalized spacial score (nSPS) is 18.2. The number of para-hydroxylation sites is 1. The molecule has 0 radical (unpaired) electrons. The predicted molar refractivity (Wildman–Crippen MR) is 75.1 cm³/mol. The molecule has 0 bridgehead atoms. The van der Waals surface area contributed by atoms with Gasteiger partial charge in [0.1, 0.15) is 6.33 Å². The molecular weight excluding hydrogens is 254 g/mol. The molecule has 6 heteroatoms. The maximum absolute atomic E-state index is 12.0. The number of hydrogen-bond donors (Lipinski definition) is 1. The summed E-state index contributed by atoms with van der Waals surface area (Å²) in [5.41, 5.74) is 2.11. The van der Waals surface area contributed by atoms with E-state index in [1.165, 1.54) is 0 Å². The van der Waals surface area contributed by atoms with E-state index in [0.717, 1.165) is 17.1 Å². The summed E-state index contributed by atoms with van der Waals surface area (Å²) in [4.78, 5) is 17.9. The second-order valence-corrected chi connectivity index (χ2v) is 4.98. The second kappa shape index (κ2) is 5.05. The second-order valence-electron chi connectivity index (χ2n) is 4.98. The molecule has 1 aromatic heterocycles. The minimum absolute atomic E-state index is 0.0127. The van der Waals surface area contributed by atoms with Crippen LogP contribution in [0, 0.1) is 0 Å². The first-order chi connectivity index (χ1) is 9.65. The highest BCUT2D eigenvalue weighted by molar-refractivity contribution is 5.96. The van der Waals surface area contributed by atoms with Crippen molar-refractivity contribution in [1.82, 2.24) is 20.1 Å². The van der Waals surface area contributed by atoms with Crippen LogP contribution >= 0.6 is 0 Å².